The molecule has 5 rings (SSSR count). The number of rotatable bonds is 7. The van der Waals surface area contributed by atoms with Gasteiger partial charge in [0.2, 0.25) is 11.7 Å². The molecule has 1 aliphatic carbocycles. The molecule has 2 atom stereocenters. The number of amides is 1. The molecule has 1 aromatic heterocycles. The first kappa shape index (κ1) is 21.2. The normalized spacial score (nSPS) is 19.6. The van der Waals surface area contributed by atoms with Crippen LogP contribution in [0.15, 0.2) is 59.3 Å². The summed E-state index contributed by atoms with van der Waals surface area (Å²) in [5.41, 5.74) is 10.6. The fourth-order valence-electron chi connectivity index (χ4n) is 4.95. The SMILES string of the molecule is N/C(=C\N(N)Cc1ccccc1)c1nc(-c2cccc3c2CC2CC(=O)N(CCO)C32)no1. The summed E-state index contributed by atoms with van der Waals surface area (Å²) in [7, 11) is 0. The molecule has 2 aromatic carbocycles. The van der Waals surface area contributed by atoms with Crippen LogP contribution in [0.25, 0.3) is 17.1 Å². The van der Waals surface area contributed by atoms with Crippen molar-refractivity contribution in [2.75, 3.05) is 13.2 Å². The summed E-state index contributed by atoms with van der Waals surface area (Å²) >= 11 is 0. The lowest BCUT2D eigenvalue weighted by Gasteiger charge is -2.24. The molecule has 3 aromatic rings. The minimum absolute atomic E-state index is 0.0141. The number of fused-ring (bicyclic) bond motifs is 3. The van der Waals surface area contributed by atoms with E-state index in [1.807, 2.05) is 48.5 Å². The summed E-state index contributed by atoms with van der Waals surface area (Å²) in [5.74, 6) is 7.01. The van der Waals surface area contributed by atoms with Gasteiger partial charge < -0.3 is 25.3 Å². The van der Waals surface area contributed by atoms with Crippen molar-refractivity contribution in [2.24, 2.45) is 17.5 Å². The molecule has 1 fully saturated rings. The highest BCUT2D eigenvalue weighted by atomic mass is 16.5. The van der Waals surface area contributed by atoms with Crippen LogP contribution in [0.1, 0.15) is 35.0 Å². The number of aromatic nitrogens is 2. The van der Waals surface area contributed by atoms with E-state index in [1.54, 1.807) is 11.1 Å². The molecule has 0 radical (unpaired) electrons. The first-order valence-corrected chi connectivity index (χ1v) is 10.9. The van der Waals surface area contributed by atoms with Crippen molar-refractivity contribution in [1.29, 1.82) is 0 Å². The third-order valence-electron chi connectivity index (χ3n) is 6.30. The zero-order valence-electron chi connectivity index (χ0n) is 18.1. The summed E-state index contributed by atoms with van der Waals surface area (Å²) < 4.78 is 5.43. The summed E-state index contributed by atoms with van der Waals surface area (Å²) in [4.78, 5) is 18.7. The lowest BCUT2D eigenvalue weighted by molar-refractivity contribution is -0.129. The summed E-state index contributed by atoms with van der Waals surface area (Å²) in [6, 6.07) is 15.7. The van der Waals surface area contributed by atoms with Gasteiger partial charge >= 0.3 is 0 Å². The Bertz CT molecular complexity index is 1190. The van der Waals surface area contributed by atoms with Crippen molar-refractivity contribution in [3.05, 3.63) is 77.3 Å². The number of hydrogen-bond donors (Lipinski definition) is 3. The quantitative estimate of drug-likeness (QED) is 0.369. The lowest BCUT2D eigenvalue weighted by Crippen LogP contribution is -2.30. The highest BCUT2D eigenvalue weighted by Gasteiger charge is 2.46. The predicted octanol–water partition coefficient (Wildman–Crippen LogP) is 1.81. The van der Waals surface area contributed by atoms with Crippen LogP contribution in [0, 0.1) is 5.92 Å². The van der Waals surface area contributed by atoms with Gasteiger partial charge in [-0.1, -0.05) is 53.7 Å². The molecule has 2 heterocycles. The van der Waals surface area contributed by atoms with Gasteiger partial charge in [0.25, 0.3) is 5.89 Å². The van der Waals surface area contributed by atoms with E-state index < -0.39 is 0 Å². The Kier molecular flexibility index (Phi) is 5.57. The van der Waals surface area contributed by atoms with Crippen LogP contribution in [0.5, 0.6) is 0 Å². The Morgan fingerprint density at radius 2 is 2.03 bits per heavy atom. The van der Waals surface area contributed by atoms with Crippen LogP contribution in [-0.2, 0) is 17.8 Å². The average molecular weight is 447 g/mol. The van der Waals surface area contributed by atoms with Gasteiger partial charge in [-0.05, 0) is 29.0 Å². The van der Waals surface area contributed by atoms with Crippen LogP contribution in [0.2, 0.25) is 0 Å². The van der Waals surface area contributed by atoms with Crippen LogP contribution in [0.4, 0.5) is 0 Å². The topological polar surface area (TPSA) is 135 Å². The molecule has 0 bridgehead atoms. The lowest BCUT2D eigenvalue weighted by atomic mass is 10.0. The van der Waals surface area contributed by atoms with Crippen LogP contribution < -0.4 is 11.6 Å². The van der Waals surface area contributed by atoms with E-state index in [1.165, 1.54) is 5.01 Å². The molecule has 0 saturated carbocycles. The minimum atomic E-state index is -0.0494. The highest BCUT2D eigenvalue weighted by molar-refractivity contribution is 5.81. The molecule has 0 spiro atoms. The van der Waals surface area contributed by atoms with E-state index in [4.69, 9.17) is 16.1 Å². The van der Waals surface area contributed by atoms with Gasteiger partial charge in [-0.15, -0.1) is 0 Å². The number of carbonyl (C=O) groups excluding carboxylic acids is 1. The van der Waals surface area contributed by atoms with Gasteiger partial charge in [-0.3, -0.25) is 4.79 Å². The van der Waals surface area contributed by atoms with Crippen LogP contribution in [0.3, 0.4) is 0 Å². The molecule has 2 unspecified atom stereocenters. The second-order valence-electron chi connectivity index (χ2n) is 8.46. The van der Waals surface area contributed by atoms with E-state index in [9.17, 15) is 9.90 Å². The van der Waals surface area contributed by atoms with Gasteiger partial charge in [0.1, 0.15) is 5.70 Å². The van der Waals surface area contributed by atoms with E-state index in [-0.39, 0.29) is 36.1 Å². The van der Waals surface area contributed by atoms with Gasteiger partial charge in [0.05, 0.1) is 19.2 Å². The van der Waals surface area contributed by atoms with E-state index in [0.29, 0.717) is 25.3 Å². The van der Waals surface area contributed by atoms with Crippen molar-refractivity contribution < 1.29 is 14.4 Å². The summed E-state index contributed by atoms with van der Waals surface area (Å²) in [6.07, 6.45) is 2.81. The number of benzene rings is 2. The van der Waals surface area contributed by atoms with Gasteiger partial charge in [0.15, 0.2) is 0 Å². The Morgan fingerprint density at radius 1 is 1.21 bits per heavy atom. The number of aliphatic hydroxyl groups excluding tert-OH is 1. The molecular weight excluding hydrogens is 420 g/mol. The molecule has 2 aliphatic rings. The molecule has 9 heteroatoms. The number of nitrogens with zero attached hydrogens (tertiary/aromatic N) is 4. The third-order valence-corrected chi connectivity index (χ3v) is 6.30. The van der Waals surface area contributed by atoms with Crippen molar-refractivity contribution in [3.63, 3.8) is 0 Å². The van der Waals surface area contributed by atoms with Gasteiger partial charge in [0, 0.05) is 24.7 Å². The minimum Gasteiger partial charge on any atom is -0.395 e. The smallest absolute Gasteiger partial charge is 0.275 e. The number of aliphatic hydroxyl groups is 1. The molecule has 5 N–H and O–H groups in total. The molecule has 170 valence electrons. The highest BCUT2D eigenvalue weighted by Crippen LogP contribution is 2.49. The van der Waals surface area contributed by atoms with Crippen molar-refractivity contribution in [2.45, 2.75) is 25.4 Å². The Labute approximate surface area is 191 Å². The molecule has 9 nitrogen and oxygen atoms in total. The van der Waals surface area contributed by atoms with Gasteiger partial charge in [-0.25, -0.2) is 5.84 Å². The van der Waals surface area contributed by atoms with E-state index >= 15 is 0 Å². The second kappa shape index (κ2) is 8.68. The van der Waals surface area contributed by atoms with E-state index in [2.05, 4.69) is 10.1 Å². The van der Waals surface area contributed by atoms with Gasteiger partial charge in [-0.2, -0.15) is 4.98 Å². The molecule has 1 amide bonds. The number of carbonyl (C=O) groups is 1. The van der Waals surface area contributed by atoms with Crippen molar-refractivity contribution >= 4 is 11.6 Å². The first-order chi connectivity index (χ1) is 16.0. The molecule has 1 saturated heterocycles. The predicted molar refractivity (Wildman–Crippen MR) is 121 cm³/mol. The molecular formula is C24H26N6O3. The standard InChI is InChI=1S/C24H26N6O3/c25-20(14-29(26)13-15-5-2-1-3-6-15)24-27-23(28-33-24)18-8-4-7-17-19(18)11-16-12-21(32)30(9-10-31)22(16)17/h1-8,14,16,22,31H,9-13,25-26H2/b20-14-. The number of nitrogens with two attached hydrogens (primary N) is 2. The fourth-order valence-corrected chi connectivity index (χ4v) is 4.95. The number of likely N-dealkylation sites (tertiary alicyclic amines) is 1. The first-order valence-electron chi connectivity index (χ1n) is 10.9. The maximum absolute atomic E-state index is 12.4. The van der Waals surface area contributed by atoms with Crippen LogP contribution in [-0.4, -0.2) is 44.2 Å². The van der Waals surface area contributed by atoms with Crippen molar-refractivity contribution in [1.82, 2.24) is 20.0 Å². The average Bonchev–Trinajstić information content (AvgIpc) is 3.50. The zero-order chi connectivity index (χ0) is 22.9. The second-order valence-corrected chi connectivity index (χ2v) is 8.46. The Morgan fingerprint density at radius 3 is 2.82 bits per heavy atom. The maximum Gasteiger partial charge on any atom is 0.275 e. The maximum atomic E-state index is 12.4. The third kappa shape index (κ3) is 3.96. The van der Waals surface area contributed by atoms with Crippen LogP contribution >= 0.6 is 0 Å². The van der Waals surface area contributed by atoms with E-state index in [0.717, 1.165) is 28.7 Å². The monoisotopic (exact) mass is 446 g/mol. The largest absolute Gasteiger partial charge is 0.395 e. The summed E-state index contributed by atoms with van der Waals surface area (Å²) in [5, 5.41) is 15.0. The zero-order valence-corrected chi connectivity index (χ0v) is 18.1. The van der Waals surface area contributed by atoms with Crippen molar-refractivity contribution in [3.8, 4) is 11.4 Å². The Hall–Kier alpha value is -3.69. The number of β-amino-alcohol motifs (C(OH)–C–C–N with tert-alkyl or cyclic N) is 1. The summed E-state index contributed by atoms with van der Waals surface area (Å²) in [6.45, 7) is 0.780. The number of hydrogen-bond acceptors (Lipinski definition) is 8. The fraction of sp³-hybridized carbons (Fsp3) is 0.292. The molecule has 1 aliphatic heterocycles. The Balaban J connectivity index is 1.38. The molecule has 33 heavy (non-hydrogen) atoms. The number of hydrazine groups is 1.